The SMILES string of the molecule is COC(=NC(=N)c1cnc2ccc(-c3cn[nH]c3-c3ccc(F)cc3F)cn12)C(F)F. The van der Waals surface area contributed by atoms with Gasteiger partial charge in [0.1, 0.15) is 23.0 Å². The van der Waals surface area contributed by atoms with Crippen molar-refractivity contribution in [1.29, 1.82) is 5.41 Å². The average molecular weight is 430 g/mol. The highest BCUT2D eigenvalue weighted by Gasteiger charge is 2.18. The molecule has 3 heterocycles. The molecule has 158 valence electrons. The van der Waals surface area contributed by atoms with Gasteiger partial charge in [0.05, 0.1) is 25.2 Å². The van der Waals surface area contributed by atoms with Gasteiger partial charge in [0.25, 0.3) is 5.90 Å². The van der Waals surface area contributed by atoms with Gasteiger partial charge in [-0.3, -0.25) is 14.9 Å². The summed E-state index contributed by atoms with van der Waals surface area (Å²) in [5, 5.41) is 14.7. The zero-order valence-electron chi connectivity index (χ0n) is 15.9. The number of H-pyrrole nitrogens is 1. The monoisotopic (exact) mass is 430 g/mol. The minimum atomic E-state index is -2.97. The van der Waals surface area contributed by atoms with Crippen LogP contribution in [-0.2, 0) is 4.74 Å². The van der Waals surface area contributed by atoms with Gasteiger partial charge in [-0.05, 0) is 24.3 Å². The number of alkyl halides is 2. The van der Waals surface area contributed by atoms with Gasteiger partial charge < -0.3 is 4.74 Å². The van der Waals surface area contributed by atoms with E-state index in [1.807, 2.05) is 0 Å². The first-order valence-corrected chi connectivity index (χ1v) is 8.85. The lowest BCUT2D eigenvalue weighted by Gasteiger charge is -2.08. The summed E-state index contributed by atoms with van der Waals surface area (Å²) in [6.07, 6.45) is 1.41. The Morgan fingerprint density at radius 3 is 2.68 bits per heavy atom. The van der Waals surface area contributed by atoms with E-state index >= 15 is 0 Å². The molecule has 0 amide bonds. The van der Waals surface area contributed by atoms with E-state index in [1.54, 1.807) is 18.3 Å². The van der Waals surface area contributed by atoms with Crippen molar-refractivity contribution < 1.29 is 22.3 Å². The predicted octanol–water partition coefficient (Wildman–Crippen LogP) is 4.30. The van der Waals surface area contributed by atoms with Crippen LogP contribution in [-0.4, -0.2) is 44.9 Å². The number of imidazole rings is 1. The van der Waals surface area contributed by atoms with Crippen LogP contribution in [0.1, 0.15) is 5.69 Å². The minimum absolute atomic E-state index is 0.124. The second kappa shape index (κ2) is 8.01. The van der Waals surface area contributed by atoms with Crippen molar-refractivity contribution in [2.24, 2.45) is 4.99 Å². The van der Waals surface area contributed by atoms with Crippen molar-refractivity contribution in [2.45, 2.75) is 6.43 Å². The van der Waals surface area contributed by atoms with Crippen LogP contribution in [0.3, 0.4) is 0 Å². The fourth-order valence-electron chi connectivity index (χ4n) is 3.07. The quantitative estimate of drug-likeness (QED) is 0.287. The molecule has 0 aliphatic heterocycles. The molecule has 0 aliphatic rings. The lowest BCUT2D eigenvalue weighted by molar-refractivity contribution is 0.185. The molecule has 7 nitrogen and oxygen atoms in total. The van der Waals surface area contributed by atoms with E-state index in [2.05, 4.69) is 24.9 Å². The number of aromatic nitrogens is 4. The predicted molar refractivity (Wildman–Crippen MR) is 105 cm³/mol. The lowest BCUT2D eigenvalue weighted by atomic mass is 10.0. The molecule has 0 aliphatic carbocycles. The Hall–Kier alpha value is -4.02. The van der Waals surface area contributed by atoms with E-state index in [4.69, 9.17) is 5.41 Å². The molecule has 4 rings (SSSR count). The summed E-state index contributed by atoms with van der Waals surface area (Å²) in [5.74, 6) is -2.83. The maximum Gasteiger partial charge on any atom is 0.312 e. The Balaban J connectivity index is 1.79. The number of nitrogens with zero attached hydrogens (tertiary/aromatic N) is 4. The van der Waals surface area contributed by atoms with Crippen LogP contribution in [0.25, 0.3) is 28.0 Å². The molecule has 0 fully saturated rings. The van der Waals surface area contributed by atoms with Gasteiger partial charge in [-0.1, -0.05) is 0 Å². The molecular formula is C20H14F4N6O. The Morgan fingerprint density at radius 2 is 1.97 bits per heavy atom. The van der Waals surface area contributed by atoms with Gasteiger partial charge in [0.15, 0.2) is 5.84 Å². The van der Waals surface area contributed by atoms with Crippen LogP contribution in [0.2, 0.25) is 0 Å². The molecule has 4 aromatic rings. The highest BCUT2D eigenvalue weighted by Crippen LogP contribution is 2.32. The van der Waals surface area contributed by atoms with Gasteiger partial charge >= 0.3 is 6.43 Å². The molecule has 0 unspecified atom stereocenters. The summed E-state index contributed by atoms with van der Waals surface area (Å²) in [6, 6.07) is 6.54. The number of halogens is 4. The molecule has 0 radical (unpaired) electrons. The van der Waals surface area contributed by atoms with Crippen molar-refractivity contribution in [3.8, 4) is 22.4 Å². The highest BCUT2D eigenvalue weighted by molar-refractivity contribution is 6.03. The highest BCUT2D eigenvalue weighted by atomic mass is 19.3. The normalized spacial score (nSPS) is 12.0. The van der Waals surface area contributed by atoms with E-state index in [0.717, 1.165) is 19.2 Å². The third kappa shape index (κ3) is 3.77. The van der Waals surface area contributed by atoms with E-state index < -0.39 is 29.8 Å². The zero-order chi connectivity index (χ0) is 22.1. The van der Waals surface area contributed by atoms with Gasteiger partial charge in [-0.15, -0.1) is 0 Å². The van der Waals surface area contributed by atoms with Crippen LogP contribution in [0, 0.1) is 17.0 Å². The lowest BCUT2D eigenvalue weighted by Crippen LogP contribution is -2.15. The maximum absolute atomic E-state index is 14.3. The molecule has 0 bridgehead atoms. The third-order valence-electron chi connectivity index (χ3n) is 4.52. The number of amidine groups is 1. The van der Waals surface area contributed by atoms with E-state index in [0.29, 0.717) is 22.5 Å². The summed E-state index contributed by atoms with van der Waals surface area (Å²) in [4.78, 5) is 7.67. The van der Waals surface area contributed by atoms with Gasteiger partial charge in [-0.2, -0.15) is 18.9 Å². The van der Waals surface area contributed by atoms with E-state index in [1.165, 1.54) is 22.9 Å². The van der Waals surface area contributed by atoms with E-state index in [-0.39, 0.29) is 11.3 Å². The number of hydrogen-bond donors (Lipinski definition) is 2. The number of benzene rings is 1. The van der Waals surface area contributed by atoms with Gasteiger partial charge in [0.2, 0.25) is 0 Å². The van der Waals surface area contributed by atoms with Crippen molar-refractivity contribution in [1.82, 2.24) is 19.6 Å². The number of aromatic amines is 1. The average Bonchev–Trinajstić information content (AvgIpc) is 3.38. The molecule has 11 heteroatoms. The molecule has 3 aromatic heterocycles. The number of methoxy groups -OCH3 is 1. The standard InChI is InChI=1S/C20H14F4N6O/c1-31-20(18(23)24)28-19(25)15-8-26-16-5-2-10(9-30(15)16)13-7-27-29-17(13)12-4-3-11(21)6-14(12)22/h2-9,18,25H,1H3,(H,27,29). The number of pyridine rings is 1. The molecule has 1 aromatic carbocycles. The van der Waals surface area contributed by atoms with Gasteiger partial charge in [-0.25, -0.2) is 13.8 Å². The molecular weight excluding hydrogens is 416 g/mol. The van der Waals surface area contributed by atoms with Crippen molar-refractivity contribution in [2.75, 3.05) is 7.11 Å². The molecule has 0 spiro atoms. The number of nitrogens with one attached hydrogen (secondary N) is 2. The first-order valence-electron chi connectivity index (χ1n) is 8.85. The largest absolute Gasteiger partial charge is 0.480 e. The Kier molecular flexibility index (Phi) is 5.24. The molecule has 0 saturated heterocycles. The molecule has 31 heavy (non-hydrogen) atoms. The summed E-state index contributed by atoms with van der Waals surface area (Å²) in [7, 11) is 1.04. The summed E-state index contributed by atoms with van der Waals surface area (Å²) in [5.41, 5.74) is 2.10. The Labute approximate surface area is 172 Å². The molecule has 0 saturated carbocycles. The first kappa shape index (κ1) is 20.3. The zero-order valence-corrected chi connectivity index (χ0v) is 15.9. The molecule has 2 N–H and O–H groups in total. The third-order valence-corrected chi connectivity index (χ3v) is 4.52. The second-order valence-corrected chi connectivity index (χ2v) is 6.38. The number of aliphatic imine (C=N–C) groups is 1. The Bertz CT molecular complexity index is 1310. The minimum Gasteiger partial charge on any atom is -0.480 e. The van der Waals surface area contributed by atoms with Crippen LogP contribution in [0.15, 0.2) is 53.9 Å². The number of fused-ring (bicyclic) bond motifs is 1. The maximum atomic E-state index is 14.3. The van der Waals surface area contributed by atoms with Crippen LogP contribution in [0.5, 0.6) is 0 Å². The van der Waals surface area contributed by atoms with Crippen molar-refractivity contribution >= 4 is 17.4 Å². The smallest absolute Gasteiger partial charge is 0.312 e. The van der Waals surface area contributed by atoms with Crippen molar-refractivity contribution in [3.63, 3.8) is 0 Å². The van der Waals surface area contributed by atoms with Gasteiger partial charge in [0, 0.05) is 29.0 Å². The van der Waals surface area contributed by atoms with Crippen molar-refractivity contribution in [3.05, 3.63) is 66.3 Å². The summed E-state index contributed by atoms with van der Waals surface area (Å²) in [6.45, 7) is 0. The van der Waals surface area contributed by atoms with Crippen LogP contribution < -0.4 is 0 Å². The van der Waals surface area contributed by atoms with Crippen LogP contribution in [0.4, 0.5) is 17.6 Å². The number of hydrogen-bond acceptors (Lipinski definition) is 4. The molecule has 0 atom stereocenters. The van der Waals surface area contributed by atoms with Crippen LogP contribution >= 0.6 is 0 Å². The number of ether oxygens (including phenoxy) is 1. The fraction of sp³-hybridized carbons (Fsp3) is 0.100. The number of rotatable bonds is 4. The summed E-state index contributed by atoms with van der Waals surface area (Å²) < 4.78 is 59.3. The Morgan fingerprint density at radius 1 is 1.16 bits per heavy atom. The summed E-state index contributed by atoms with van der Waals surface area (Å²) >= 11 is 0. The fourth-order valence-corrected chi connectivity index (χ4v) is 3.07. The first-order chi connectivity index (χ1) is 14.9. The second-order valence-electron chi connectivity index (χ2n) is 6.38. The van der Waals surface area contributed by atoms with E-state index in [9.17, 15) is 17.6 Å². The topological polar surface area (TPSA) is 91.4 Å².